The van der Waals surface area contributed by atoms with E-state index in [2.05, 4.69) is 17.2 Å². The van der Waals surface area contributed by atoms with Crippen LogP contribution in [0.1, 0.15) is 52.8 Å². The quantitative estimate of drug-likeness (QED) is 0.809. The van der Waals surface area contributed by atoms with E-state index in [-0.39, 0.29) is 15.7 Å². The molecule has 1 atom stereocenters. The van der Waals surface area contributed by atoms with E-state index in [9.17, 15) is 13.2 Å². The summed E-state index contributed by atoms with van der Waals surface area (Å²) in [5, 5.41) is 5.06. The number of nitrogens with one attached hydrogen (secondary N) is 1. The molecule has 1 saturated heterocycles. The number of amides is 1. The number of rotatable bonds is 4. The number of aryl methyl sites for hydroxylation is 1. The van der Waals surface area contributed by atoms with Crippen molar-refractivity contribution in [2.75, 3.05) is 18.4 Å². The average Bonchev–Trinajstić information content (AvgIpc) is 3.29. The van der Waals surface area contributed by atoms with Gasteiger partial charge in [0.2, 0.25) is 10.0 Å². The monoisotopic (exact) mass is 425 g/mol. The normalized spacial score (nSPS) is 21.0. The van der Waals surface area contributed by atoms with Crippen LogP contribution in [0.4, 0.5) is 5.13 Å². The number of thiophene rings is 1. The Morgan fingerprint density at radius 1 is 1.30 bits per heavy atom. The molecule has 9 heteroatoms. The van der Waals surface area contributed by atoms with Crippen molar-refractivity contribution < 1.29 is 13.2 Å². The Bertz CT molecular complexity index is 942. The van der Waals surface area contributed by atoms with Crippen LogP contribution in [0.5, 0.6) is 0 Å². The van der Waals surface area contributed by atoms with E-state index >= 15 is 0 Å². The summed E-state index contributed by atoms with van der Waals surface area (Å²) in [6.45, 7) is 3.28. The first kappa shape index (κ1) is 19.0. The van der Waals surface area contributed by atoms with Crippen molar-refractivity contribution in [1.82, 2.24) is 9.29 Å². The van der Waals surface area contributed by atoms with E-state index in [1.165, 1.54) is 26.6 Å². The van der Waals surface area contributed by atoms with Crippen molar-refractivity contribution >= 4 is 43.7 Å². The number of carbonyl (C=O) groups excluding carboxylic acids is 1. The molecule has 0 saturated carbocycles. The minimum Gasteiger partial charge on any atom is -0.297 e. The molecule has 1 aliphatic carbocycles. The number of carbonyl (C=O) groups is 1. The molecule has 0 aromatic carbocycles. The van der Waals surface area contributed by atoms with Gasteiger partial charge in [0.25, 0.3) is 5.91 Å². The van der Waals surface area contributed by atoms with Crippen LogP contribution in [0.15, 0.2) is 16.3 Å². The Balaban J connectivity index is 1.55. The maximum atomic E-state index is 13.0. The molecule has 0 bridgehead atoms. The second kappa shape index (κ2) is 7.62. The van der Waals surface area contributed by atoms with Crippen LogP contribution in [-0.4, -0.2) is 36.7 Å². The van der Waals surface area contributed by atoms with E-state index in [0.29, 0.717) is 24.1 Å². The van der Waals surface area contributed by atoms with Crippen LogP contribution in [0.2, 0.25) is 0 Å². The van der Waals surface area contributed by atoms with Crippen LogP contribution in [0.3, 0.4) is 0 Å². The fourth-order valence-corrected chi connectivity index (χ4v) is 7.64. The fraction of sp³-hybridized carbons (Fsp3) is 0.556. The summed E-state index contributed by atoms with van der Waals surface area (Å²) in [5.74, 6) is 0.250. The van der Waals surface area contributed by atoms with E-state index in [1.807, 2.05) is 0 Å². The molecule has 1 fully saturated rings. The lowest BCUT2D eigenvalue weighted by Gasteiger charge is -2.25. The largest absolute Gasteiger partial charge is 0.297 e. The van der Waals surface area contributed by atoms with Gasteiger partial charge in [-0.15, -0.1) is 22.7 Å². The molecule has 1 N–H and O–H groups in total. The maximum absolute atomic E-state index is 13.0. The standard InChI is InChI=1S/C18H23N3O3S3/c1-12-5-6-13-14(11-12)26-18(19-13)20-17(22)16-15(7-10-25-16)27(23,24)21-8-3-2-4-9-21/h7,10,12H,2-6,8-9,11H2,1H3,(H,19,20,22). The predicted molar refractivity (Wildman–Crippen MR) is 108 cm³/mol. The van der Waals surface area contributed by atoms with Gasteiger partial charge in [-0.05, 0) is 49.5 Å². The van der Waals surface area contributed by atoms with Gasteiger partial charge in [-0.2, -0.15) is 4.31 Å². The van der Waals surface area contributed by atoms with Crippen LogP contribution in [0, 0.1) is 5.92 Å². The summed E-state index contributed by atoms with van der Waals surface area (Å²) in [5.41, 5.74) is 1.07. The highest BCUT2D eigenvalue weighted by atomic mass is 32.2. The van der Waals surface area contributed by atoms with Crippen molar-refractivity contribution in [1.29, 1.82) is 0 Å². The van der Waals surface area contributed by atoms with Crippen molar-refractivity contribution in [3.05, 3.63) is 26.9 Å². The number of aromatic nitrogens is 1. The molecule has 2 aliphatic rings. The first-order chi connectivity index (χ1) is 12.9. The second-order valence-electron chi connectivity index (χ2n) is 7.27. The third-order valence-electron chi connectivity index (χ3n) is 5.17. The van der Waals surface area contributed by atoms with Crippen LogP contribution >= 0.6 is 22.7 Å². The van der Waals surface area contributed by atoms with Crippen molar-refractivity contribution in [3.63, 3.8) is 0 Å². The zero-order valence-electron chi connectivity index (χ0n) is 15.2. The minimum absolute atomic E-state index is 0.113. The molecule has 27 heavy (non-hydrogen) atoms. The highest BCUT2D eigenvalue weighted by Crippen LogP contribution is 2.33. The van der Waals surface area contributed by atoms with E-state index in [1.54, 1.807) is 5.38 Å². The zero-order chi connectivity index (χ0) is 19.0. The lowest BCUT2D eigenvalue weighted by Crippen LogP contribution is -2.36. The van der Waals surface area contributed by atoms with E-state index < -0.39 is 10.0 Å². The van der Waals surface area contributed by atoms with Gasteiger partial charge < -0.3 is 0 Å². The van der Waals surface area contributed by atoms with Gasteiger partial charge in [-0.25, -0.2) is 13.4 Å². The summed E-state index contributed by atoms with van der Waals surface area (Å²) in [6.07, 6.45) is 5.85. The second-order valence-corrected chi connectivity index (χ2v) is 11.2. The topological polar surface area (TPSA) is 79.4 Å². The van der Waals surface area contributed by atoms with Gasteiger partial charge in [0.05, 0.1) is 5.69 Å². The number of hydrogen-bond donors (Lipinski definition) is 1. The van der Waals surface area contributed by atoms with Crippen LogP contribution in [-0.2, 0) is 22.9 Å². The minimum atomic E-state index is -3.63. The molecule has 146 valence electrons. The highest BCUT2D eigenvalue weighted by molar-refractivity contribution is 7.89. The lowest BCUT2D eigenvalue weighted by atomic mass is 9.93. The number of sulfonamides is 1. The number of thiazole rings is 1. The van der Waals surface area contributed by atoms with Gasteiger partial charge in [0, 0.05) is 18.0 Å². The Morgan fingerprint density at radius 3 is 2.85 bits per heavy atom. The van der Waals surface area contributed by atoms with Gasteiger partial charge in [-0.1, -0.05) is 13.3 Å². The molecule has 6 nitrogen and oxygen atoms in total. The first-order valence-corrected chi connectivity index (χ1v) is 12.5. The molecule has 3 heterocycles. The van der Waals surface area contributed by atoms with Crippen LogP contribution < -0.4 is 5.32 Å². The molecule has 1 amide bonds. The fourth-order valence-electron chi connectivity index (χ4n) is 3.66. The highest BCUT2D eigenvalue weighted by Gasteiger charge is 2.31. The first-order valence-electron chi connectivity index (χ1n) is 9.32. The van der Waals surface area contributed by atoms with Gasteiger partial charge in [0.1, 0.15) is 9.77 Å². The molecule has 4 rings (SSSR count). The molecule has 2 aromatic rings. The zero-order valence-corrected chi connectivity index (χ0v) is 17.7. The lowest BCUT2D eigenvalue weighted by molar-refractivity contribution is 0.102. The number of fused-ring (bicyclic) bond motifs is 1. The third-order valence-corrected chi connectivity index (χ3v) is 9.19. The number of piperidine rings is 1. The van der Waals surface area contributed by atoms with Crippen LogP contribution in [0.25, 0.3) is 0 Å². The number of anilines is 1. The van der Waals surface area contributed by atoms with Crippen molar-refractivity contribution in [2.45, 2.75) is 50.3 Å². The third kappa shape index (κ3) is 3.83. The van der Waals surface area contributed by atoms with Crippen molar-refractivity contribution in [2.24, 2.45) is 5.92 Å². The van der Waals surface area contributed by atoms with Gasteiger partial charge in [0.15, 0.2) is 5.13 Å². The van der Waals surface area contributed by atoms with E-state index in [0.717, 1.165) is 55.6 Å². The number of nitrogens with zero attached hydrogens (tertiary/aromatic N) is 2. The smallest absolute Gasteiger partial charge is 0.268 e. The molecule has 0 radical (unpaired) electrons. The molecular formula is C18H23N3O3S3. The average molecular weight is 426 g/mol. The molecule has 2 aromatic heterocycles. The van der Waals surface area contributed by atoms with Crippen molar-refractivity contribution in [3.8, 4) is 0 Å². The Hall–Kier alpha value is -1.29. The Labute approximate surface area is 167 Å². The molecule has 1 aliphatic heterocycles. The predicted octanol–water partition coefficient (Wildman–Crippen LogP) is 3.76. The van der Waals surface area contributed by atoms with E-state index in [4.69, 9.17) is 0 Å². The van der Waals surface area contributed by atoms with Gasteiger partial charge in [-0.3, -0.25) is 10.1 Å². The summed E-state index contributed by atoms with van der Waals surface area (Å²) >= 11 is 2.67. The molecule has 0 spiro atoms. The Morgan fingerprint density at radius 2 is 2.07 bits per heavy atom. The summed E-state index contributed by atoms with van der Waals surface area (Å²) in [7, 11) is -3.63. The summed E-state index contributed by atoms with van der Waals surface area (Å²) in [4.78, 5) is 18.9. The molecular weight excluding hydrogens is 402 g/mol. The van der Waals surface area contributed by atoms with Gasteiger partial charge >= 0.3 is 0 Å². The maximum Gasteiger partial charge on any atom is 0.268 e. The summed E-state index contributed by atoms with van der Waals surface area (Å²) in [6, 6.07) is 1.54. The summed E-state index contributed by atoms with van der Waals surface area (Å²) < 4.78 is 27.4. The molecule has 1 unspecified atom stereocenters. The number of hydrogen-bond acceptors (Lipinski definition) is 6. The SMILES string of the molecule is CC1CCc2nc(NC(=O)c3sccc3S(=O)(=O)N3CCCCC3)sc2C1. The Kier molecular flexibility index (Phi) is 5.37.